The maximum Gasteiger partial charge on any atom is 0.335 e. The minimum atomic E-state index is -0.987. The van der Waals surface area contributed by atoms with Gasteiger partial charge in [0.15, 0.2) is 0 Å². The summed E-state index contributed by atoms with van der Waals surface area (Å²) in [5.41, 5.74) is 2.87. The molecule has 0 atom stereocenters. The van der Waals surface area contributed by atoms with E-state index in [9.17, 15) is 4.79 Å². The highest BCUT2D eigenvalue weighted by Crippen LogP contribution is 2.22. The molecule has 3 rings (SSSR count). The summed E-state index contributed by atoms with van der Waals surface area (Å²) in [5.74, 6) is -0.355. The first-order valence-corrected chi connectivity index (χ1v) is 7.24. The van der Waals surface area contributed by atoms with Crippen LogP contribution >= 0.6 is 11.6 Å². The van der Waals surface area contributed by atoms with Crippen molar-refractivity contribution >= 4 is 23.4 Å². The SMILES string of the molecule is O=C(O)c1cc(Cl)nc(N2CCc3ccccc3CC2)c1. The van der Waals surface area contributed by atoms with Crippen LogP contribution in [-0.2, 0) is 12.8 Å². The highest BCUT2D eigenvalue weighted by molar-refractivity contribution is 6.29. The number of hydrogen-bond acceptors (Lipinski definition) is 3. The summed E-state index contributed by atoms with van der Waals surface area (Å²) < 4.78 is 0. The Morgan fingerprint density at radius 1 is 1.14 bits per heavy atom. The van der Waals surface area contributed by atoms with Crippen LogP contribution in [0.3, 0.4) is 0 Å². The molecule has 0 unspecified atom stereocenters. The van der Waals surface area contributed by atoms with Crippen LogP contribution < -0.4 is 4.90 Å². The average molecular weight is 303 g/mol. The molecule has 1 aromatic heterocycles. The zero-order valence-electron chi connectivity index (χ0n) is 11.4. The number of hydrogen-bond donors (Lipinski definition) is 1. The van der Waals surface area contributed by atoms with Gasteiger partial charge in [-0.15, -0.1) is 0 Å². The Bertz CT molecular complexity index is 661. The number of rotatable bonds is 2. The number of carbonyl (C=O) groups is 1. The Morgan fingerprint density at radius 3 is 2.33 bits per heavy atom. The standard InChI is InChI=1S/C16H15ClN2O2/c17-14-9-13(16(20)21)10-15(18-14)19-7-5-11-3-1-2-4-12(11)6-8-19/h1-4,9-10H,5-8H2,(H,20,21). The third kappa shape index (κ3) is 3.00. The van der Waals surface area contributed by atoms with Crippen molar-refractivity contribution in [3.63, 3.8) is 0 Å². The van der Waals surface area contributed by atoms with E-state index < -0.39 is 5.97 Å². The van der Waals surface area contributed by atoms with Crippen LogP contribution in [0.25, 0.3) is 0 Å². The molecule has 21 heavy (non-hydrogen) atoms. The van der Waals surface area contributed by atoms with Crippen LogP contribution in [0.5, 0.6) is 0 Å². The molecule has 0 saturated carbocycles. The first-order valence-electron chi connectivity index (χ1n) is 6.86. The van der Waals surface area contributed by atoms with Gasteiger partial charge in [0.25, 0.3) is 0 Å². The Morgan fingerprint density at radius 2 is 1.76 bits per heavy atom. The van der Waals surface area contributed by atoms with E-state index in [0.29, 0.717) is 5.82 Å². The fourth-order valence-corrected chi connectivity index (χ4v) is 2.87. The first-order chi connectivity index (χ1) is 10.1. The summed E-state index contributed by atoms with van der Waals surface area (Å²) in [6.07, 6.45) is 1.85. The van der Waals surface area contributed by atoms with Crippen molar-refractivity contribution in [2.45, 2.75) is 12.8 Å². The lowest BCUT2D eigenvalue weighted by Gasteiger charge is -2.21. The molecule has 5 heteroatoms. The number of pyridine rings is 1. The molecule has 0 aliphatic carbocycles. The molecule has 1 aromatic carbocycles. The highest BCUT2D eigenvalue weighted by atomic mass is 35.5. The number of nitrogens with zero attached hydrogens (tertiary/aromatic N) is 2. The van der Waals surface area contributed by atoms with Crippen LogP contribution in [0.4, 0.5) is 5.82 Å². The third-order valence-electron chi connectivity index (χ3n) is 3.77. The molecule has 0 bridgehead atoms. The van der Waals surface area contributed by atoms with Crippen molar-refractivity contribution in [3.05, 3.63) is 58.2 Å². The molecule has 108 valence electrons. The van der Waals surface area contributed by atoms with Gasteiger partial charge in [0, 0.05) is 13.1 Å². The Balaban J connectivity index is 1.87. The number of halogens is 1. The second-order valence-electron chi connectivity index (χ2n) is 5.10. The zero-order valence-corrected chi connectivity index (χ0v) is 12.2. The Hall–Kier alpha value is -2.07. The minimum Gasteiger partial charge on any atom is -0.478 e. The maximum absolute atomic E-state index is 11.1. The van der Waals surface area contributed by atoms with Crippen LogP contribution in [0, 0.1) is 0 Å². The lowest BCUT2D eigenvalue weighted by Crippen LogP contribution is -2.27. The van der Waals surface area contributed by atoms with E-state index in [0.717, 1.165) is 25.9 Å². The normalized spacial score (nSPS) is 14.4. The van der Waals surface area contributed by atoms with Crippen LogP contribution in [0.15, 0.2) is 36.4 Å². The third-order valence-corrected chi connectivity index (χ3v) is 3.97. The second kappa shape index (κ2) is 5.74. The lowest BCUT2D eigenvalue weighted by molar-refractivity contribution is 0.0697. The Kier molecular flexibility index (Phi) is 3.80. The van der Waals surface area contributed by atoms with Crippen molar-refractivity contribution in [3.8, 4) is 0 Å². The molecule has 1 aliphatic rings. The van der Waals surface area contributed by atoms with Gasteiger partial charge < -0.3 is 10.0 Å². The molecule has 2 heterocycles. The summed E-state index contributed by atoms with van der Waals surface area (Å²) in [7, 11) is 0. The van der Waals surface area contributed by atoms with E-state index in [-0.39, 0.29) is 10.7 Å². The van der Waals surface area contributed by atoms with Gasteiger partial charge in [0.1, 0.15) is 11.0 Å². The van der Waals surface area contributed by atoms with E-state index in [1.54, 1.807) is 6.07 Å². The van der Waals surface area contributed by atoms with E-state index in [1.165, 1.54) is 17.2 Å². The van der Waals surface area contributed by atoms with Gasteiger partial charge in [-0.05, 0) is 36.1 Å². The van der Waals surface area contributed by atoms with Gasteiger partial charge in [0.2, 0.25) is 0 Å². The molecule has 0 amide bonds. The molecule has 0 fully saturated rings. The number of carboxylic acid groups (broad SMARTS) is 1. The first kappa shape index (κ1) is 13.9. The van der Waals surface area contributed by atoms with Crippen molar-refractivity contribution in [1.29, 1.82) is 0 Å². The predicted octanol–water partition coefficient (Wildman–Crippen LogP) is 3.04. The van der Waals surface area contributed by atoms with Gasteiger partial charge in [-0.25, -0.2) is 9.78 Å². The molecule has 0 radical (unpaired) electrons. The number of benzene rings is 1. The number of carboxylic acids is 1. The van der Waals surface area contributed by atoms with Crippen LogP contribution in [-0.4, -0.2) is 29.1 Å². The summed E-state index contributed by atoms with van der Waals surface area (Å²) in [6, 6.07) is 11.4. The summed E-state index contributed by atoms with van der Waals surface area (Å²) in [5, 5.41) is 9.34. The zero-order chi connectivity index (χ0) is 14.8. The van der Waals surface area contributed by atoms with E-state index in [4.69, 9.17) is 16.7 Å². The van der Waals surface area contributed by atoms with E-state index in [1.807, 2.05) is 0 Å². The lowest BCUT2D eigenvalue weighted by atomic mass is 10.0. The monoisotopic (exact) mass is 302 g/mol. The van der Waals surface area contributed by atoms with Crippen LogP contribution in [0.2, 0.25) is 5.15 Å². The van der Waals surface area contributed by atoms with Gasteiger partial charge >= 0.3 is 5.97 Å². The molecule has 0 spiro atoms. The van der Waals surface area contributed by atoms with Gasteiger partial charge in [-0.3, -0.25) is 0 Å². The molecule has 4 nitrogen and oxygen atoms in total. The van der Waals surface area contributed by atoms with Crippen LogP contribution in [0.1, 0.15) is 21.5 Å². The highest BCUT2D eigenvalue weighted by Gasteiger charge is 2.17. The minimum absolute atomic E-state index is 0.173. The average Bonchev–Trinajstić information content (AvgIpc) is 2.69. The van der Waals surface area contributed by atoms with E-state index in [2.05, 4.69) is 34.1 Å². The fourth-order valence-electron chi connectivity index (χ4n) is 2.67. The second-order valence-corrected chi connectivity index (χ2v) is 5.48. The number of anilines is 1. The summed E-state index contributed by atoms with van der Waals surface area (Å²) in [6.45, 7) is 1.62. The predicted molar refractivity (Wildman–Crippen MR) is 82.3 cm³/mol. The van der Waals surface area contributed by atoms with Gasteiger partial charge in [-0.2, -0.15) is 0 Å². The van der Waals surface area contributed by atoms with Crippen molar-refractivity contribution < 1.29 is 9.90 Å². The molecule has 0 saturated heterocycles. The molecule has 1 aliphatic heterocycles. The smallest absolute Gasteiger partial charge is 0.335 e. The molecular weight excluding hydrogens is 288 g/mol. The van der Waals surface area contributed by atoms with Gasteiger partial charge in [-0.1, -0.05) is 35.9 Å². The topological polar surface area (TPSA) is 53.4 Å². The van der Waals surface area contributed by atoms with Crippen molar-refractivity contribution in [2.75, 3.05) is 18.0 Å². The maximum atomic E-state index is 11.1. The molecule has 1 N–H and O–H groups in total. The number of aromatic nitrogens is 1. The van der Waals surface area contributed by atoms with E-state index >= 15 is 0 Å². The molecular formula is C16H15ClN2O2. The van der Waals surface area contributed by atoms with Crippen molar-refractivity contribution in [2.24, 2.45) is 0 Å². The Labute approximate surface area is 128 Å². The summed E-state index contributed by atoms with van der Waals surface area (Å²) >= 11 is 5.94. The van der Waals surface area contributed by atoms with Crippen molar-refractivity contribution in [1.82, 2.24) is 4.98 Å². The fraction of sp³-hybridized carbons (Fsp3) is 0.250. The number of fused-ring (bicyclic) bond motifs is 1. The largest absolute Gasteiger partial charge is 0.478 e. The summed E-state index contributed by atoms with van der Waals surface area (Å²) in [4.78, 5) is 17.5. The quantitative estimate of drug-likeness (QED) is 0.866. The molecule has 2 aromatic rings. The van der Waals surface area contributed by atoms with Gasteiger partial charge in [0.05, 0.1) is 5.56 Å². The number of aromatic carboxylic acids is 1.